The molecule has 1 aromatic rings. The largest absolute Gasteiger partial charge is 0.493 e. The molecule has 0 spiro atoms. The molecule has 0 fully saturated rings. The molecule has 0 unspecified atom stereocenters. The second-order valence-corrected chi connectivity index (χ2v) is 3.86. The summed E-state index contributed by atoms with van der Waals surface area (Å²) in [5.74, 6) is 0.942. The molecule has 0 aliphatic rings. The van der Waals surface area contributed by atoms with Crippen LogP contribution in [0.3, 0.4) is 0 Å². The Morgan fingerprint density at radius 1 is 1.38 bits per heavy atom. The second kappa shape index (κ2) is 7.25. The summed E-state index contributed by atoms with van der Waals surface area (Å²) in [5.41, 5.74) is 2.38. The van der Waals surface area contributed by atoms with Gasteiger partial charge in [0.2, 0.25) is 0 Å². The molecular weight excluding hydrogens is 202 g/mol. The molecule has 16 heavy (non-hydrogen) atoms. The van der Waals surface area contributed by atoms with E-state index in [0.29, 0.717) is 6.54 Å². The highest BCUT2D eigenvalue weighted by Crippen LogP contribution is 2.20. The average molecular weight is 223 g/mol. The minimum absolute atomic E-state index is 0.164. The molecule has 3 nitrogen and oxygen atoms in total. The Bertz CT molecular complexity index is 313. The van der Waals surface area contributed by atoms with Gasteiger partial charge < -0.3 is 15.2 Å². The molecule has 0 aliphatic heterocycles. The Morgan fingerprint density at radius 2 is 2.19 bits per heavy atom. The van der Waals surface area contributed by atoms with Crippen molar-refractivity contribution >= 4 is 0 Å². The molecule has 0 heterocycles. The number of hydrogen-bond donors (Lipinski definition) is 2. The van der Waals surface area contributed by atoms with Crippen LogP contribution in [0.4, 0.5) is 0 Å². The maximum Gasteiger partial charge on any atom is 0.123 e. The SMILES string of the molecule is CCCOc1ccc(C)cc1CNCCO. The molecule has 0 saturated carbocycles. The summed E-state index contributed by atoms with van der Waals surface area (Å²) in [6, 6.07) is 6.19. The molecule has 0 aromatic heterocycles. The van der Waals surface area contributed by atoms with E-state index in [9.17, 15) is 0 Å². The van der Waals surface area contributed by atoms with Gasteiger partial charge in [-0.3, -0.25) is 0 Å². The van der Waals surface area contributed by atoms with E-state index in [1.807, 2.05) is 6.07 Å². The fourth-order valence-electron chi connectivity index (χ4n) is 1.50. The Kier molecular flexibility index (Phi) is 5.90. The van der Waals surface area contributed by atoms with E-state index in [0.717, 1.165) is 30.9 Å². The quantitative estimate of drug-likeness (QED) is 0.693. The van der Waals surface area contributed by atoms with Crippen LogP contribution >= 0.6 is 0 Å². The zero-order valence-corrected chi connectivity index (χ0v) is 10.1. The first-order valence-corrected chi connectivity index (χ1v) is 5.81. The lowest BCUT2D eigenvalue weighted by atomic mass is 10.1. The highest BCUT2D eigenvalue weighted by atomic mass is 16.5. The summed E-state index contributed by atoms with van der Waals surface area (Å²) < 4.78 is 5.67. The van der Waals surface area contributed by atoms with E-state index >= 15 is 0 Å². The molecule has 0 aliphatic carbocycles. The number of hydrogen-bond acceptors (Lipinski definition) is 3. The van der Waals surface area contributed by atoms with Crippen molar-refractivity contribution < 1.29 is 9.84 Å². The van der Waals surface area contributed by atoms with Gasteiger partial charge in [-0.05, 0) is 19.4 Å². The minimum atomic E-state index is 0.164. The Morgan fingerprint density at radius 3 is 2.88 bits per heavy atom. The molecule has 2 N–H and O–H groups in total. The molecule has 0 amide bonds. The van der Waals surface area contributed by atoms with Gasteiger partial charge in [-0.15, -0.1) is 0 Å². The summed E-state index contributed by atoms with van der Waals surface area (Å²) >= 11 is 0. The maximum absolute atomic E-state index is 8.72. The molecule has 90 valence electrons. The van der Waals surface area contributed by atoms with Crippen molar-refractivity contribution in [1.29, 1.82) is 0 Å². The third kappa shape index (κ3) is 4.21. The Labute approximate surface area is 97.4 Å². The van der Waals surface area contributed by atoms with Crippen LogP contribution in [0.15, 0.2) is 18.2 Å². The zero-order valence-electron chi connectivity index (χ0n) is 10.1. The van der Waals surface area contributed by atoms with Crippen molar-refractivity contribution in [3.05, 3.63) is 29.3 Å². The average Bonchev–Trinajstić information content (AvgIpc) is 2.28. The topological polar surface area (TPSA) is 41.5 Å². The van der Waals surface area contributed by atoms with Crippen LogP contribution < -0.4 is 10.1 Å². The normalized spacial score (nSPS) is 10.4. The van der Waals surface area contributed by atoms with E-state index in [-0.39, 0.29) is 6.61 Å². The summed E-state index contributed by atoms with van der Waals surface area (Å²) in [7, 11) is 0. The van der Waals surface area contributed by atoms with Crippen molar-refractivity contribution in [2.75, 3.05) is 19.8 Å². The van der Waals surface area contributed by atoms with Crippen molar-refractivity contribution in [2.45, 2.75) is 26.8 Å². The van der Waals surface area contributed by atoms with Crippen LogP contribution in [0.5, 0.6) is 5.75 Å². The highest BCUT2D eigenvalue weighted by molar-refractivity contribution is 5.36. The summed E-state index contributed by atoms with van der Waals surface area (Å²) in [6.07, 6.45) is 1.01. The van der Waals surface area contributed by atoms with Gasteiger partial charge in [0.15, 0.2) is 0 Å². The molecule has 3 heteroatoms. The number of ether oxygens (including phenoxy) is 1. The first kappa shape index (κ1) is 13.0. The highest BCUT2D eigenvalue weighted by Gasteiger charge is 2.03. The molecule has 0 atom stereocenters. The van der Waals surface area contributed by atoms with Crippen molar-refractivity contribution in [1.82, 2.24) is 5.32 Å². The molecule has 0 radical (unpaired) electrons. The molecular formula is C13H21NO2. The van der Waals surface area contributed by atoms with Crippen molar-refractivity contribution in [2.24, 2.45) is 0 Å². The number of benzene rings is 1. The van der Waals surface area contributed by atoms with E-state index in [4.69, 9.17) is 9.84 Å². The number of rotatable bonds is 7. The predicted octanol–water partition coefficient (Wildman–Crippen LogP) is 1.87. The smallest absolute Gasteiger partial charge is 0.123 e. The van der Waals surface area contributed by atoms with E-state index in [2.05, 4.69) is 31.3 Å². The summed E-state index contributed by atoms with van der Waals surface area (Å²) in [5, 5.41) is 11.9. The maximum atomic E-state index is 8.72. The molecule has 1 aromatic carbocycles. The lowest BCUT2D eigenvalue weighted by molar-refractivity contribution is 0.289. The van der Waals surface area contributed by atoms with Crippen molar-refractivity contribution in [3.8, 4) is 5.75 Å². The van der Waals surface area contributed by atoms with Gasteiger partial charge in [-0.2, -0.15) is 0 Å². The Hall–Kier alpha value is -1.06. The fraction of sp³-hybridized carbons (Fsp3) is 0.538. The van der Waals surface area contributed by atoms with Crippen LogP contribution in [0.1, 0.15) is 24.5 Å². The number of aryl methyl sites for hydroxylation is 1. The Balaban J connectivity index is 2.65. The lowest BCUT2D eigenvalue weighted by Crippen LogP contribution is -2.18. The third-order valence-electron chi connectivity index (χ3n) is 2.28. The van der Waals surface area contributed by atoms with Crippen LogP contribution in [-0.4, -0.2) is 24.9 Å². The standard InChI is InChI=1S/C13H21NO2/c1-3-8-16-13-5-4-11(2)9-12(13)10-14-6-7-15/h4-5,9,14-15H,3,6-8,10H2,1-2H3. The predicted molar refractivity (Wildman–Crippen MR) is 65.8 cm³/mol. The van der Waals surface area contributed by atoms with Crippen molar-refractivity contribution in [3.63, 3.8) is 0 Å². The molecule has 1 rings (SSSR count). The third-order valence-corrected chi connectivity index (χ3v) is 2.28. The first-order valence-electron chi connectivity index (χ1n) is 5.81. The first-order chi connectivity index (χ1) is 7.77. The van der Waals surface area contributed by atoms with Gasteiger partial charge in [-0.1, -0.05) is 24.6 Å². The minimum Gasteiger partial charge on any atom is -0.493 e. The van der Waals surface area contributed by atoms with E-state index in [1.54, 1.807) is 0 Å². The van der Waals surface area contributed by atoms with Crippen LogP contribution in [0, 0.1) is 6.92 Å². The van der Waals surface area contributed by atoms with Gasteiger partial charge >= 0.3 is 0 Å². The van der Waals surface area contributed by atoms with Gasteiger partial charge in [-0.25, -0.2) is 0 Å². The summed E-state index contributed by atoms with van der Waals surface area (Å²) in [4.78, 5) is 0. The number of aliphatic hydroxyl groups excluding tert-OH is 1. The van der Waals surface area contributed by atoms with Crippen LogP contribution in [-0.2, 0) is 6.54 Å². The summed E-state index contributed by atoms with van der Waals surface area (Å²) in [6.45, 7) is 6.42. The van der Waals surface area contributed by atoms with E-state index in [1.165, 1.54) is 5.56 Å². The van der Waals surface area contributed by atoms with Crippen LogP contribution in [0.25, 0.3) is 0 Å². The monoisotopic (exact) mass is 223 g/mol. The second-order valence-electron chi connectivity index (χ2n) is 3.86. The molecule has 0 bridgehead atoms. The number of nitrogens with one attached hydrogen (secondary N) is 1. The van der Waals surface area contributed by atoms with E-state index < -0.39 is 0 Å². The van der Waals surface area contributed by atoms with Crippen LogP contribution in [0.2, 0.25) is 0 Å². The zero-order chi connectivity index (χ0) is 11.8. The number of aliphatic hydroxyl groups is 1. The lowest BCUT2D eigenvalue weighted by Gasteiger charge is -2.12. The van der Waals surface area contributed by atoms with Gasteiger partial charge in [0, 0.05) is 18.7 Å². The molecule has 0 saturated heterocycles. The van der Waals surface area contributed by atoms with Gasteiger partial charge in [0.05, 0.1) is 13.2 Å². The van der Waals surface area contributed by atoms with Gasteiger partial charge in [0.1, 0.15) is 5.75 Å². The fourth-order valence-corrected chi connectivity index (χ4v) is 1.50. The van der Waals surface area contributed by atoms with Gasteiger partial charge in [0.25, 0.3) is 0 Å².